The van der Waals surface area contributed by atoms with Gasteiger partial charge < -0.3 is 4.74 Å². The summed E-state index contributed by atoms with van der Waals surface area (Å²) in [6, 6.07) is 15.4. The van der Waals surface area contributed by atoms with Gasteiger partial charge in [0.25, 0.3) is 10.0 Å². The molecule has 0 aliphatic carbocycles. The molecule has 0 saturated carbocycles. The molecule has 0 unspecified atom stereocenters. The van der Waals surface area contributed by atoms with Gasteiger partial charge in [0, 0.05) is 5.56 Å². The third kappa shape index (κ3) is 3.24. The predicted molar refractivity (Wildman–Crippen MR) is 78.4 cm³/mol. The van der Waals surface area contributed by atoms with Crippen LogP contribution in [0.2, 0.25) is 0 Å². The molecule has 0 heterocycles. The summed E-state index contributed by atoms with van der Waals surface area (Å²) in [4.78, 5) is 0.147. The maximum Gasteiger partial charge on any atom is 0.285 e. The number of nitrogens with zero attached hydrogens (tertiary/aromatic N) is 1. The van der Waals surface area contributed by atoms with Crippen LogP contribution in [-0.4, -0.2) is 21.4 Å². The number of sulfonamides is 1. The first-order valence-corrected chi connectivity index (χ1v) is 7.48. The summed E-state index contributed by atoms with van der Waals surface area (Å²) in [6.07, 6.45) is 0. The lowest BCUT2D eigenvalue weighted by Gasteiger charge is -2.05. The van der Waals surface area contributed by atoms with Crippen molar-refractivity contribution in [1.82, 2.24) is 0 Å². The standard InChI is InChI=1S/C15H15NO3S/c1-12-8-10-14(11-9-12)20(17,18)16-15(19-2)13-6-4-3-5-7-13/h3-11H,1-2H3. The second-order valence-electron chi connectivity index (χ2n) is 4.25. The number of hydrogen-bond acceptors (Lipinski definition) is 3. The zero-order chi connectivity index (χ0) is 14.6. The molecule has 0 radical (unpaired) electrons. The van der Waals surface area contributed by atoms with E-state index in [4.69, 9.17) is 4.74 Å². The molecule has 2 rings (SSSR count). The smallest absolute Gasteiger partial charge is 0.285 e. The van der Waals surface area contributed by atoms with E-state index in [0.29, 0.717) is 5.56 Å². The van der Waals surface area contributed by atoms with Gasteiger partial charge in [-0.3, -0.25) is 0 Å². The highest BCUT2D eigenvalue weighted by Crippen LogP contribution is 2.15. The number of hydrogen-bond donors (Lipinski definition) is 0. The molecule has 0 aliphatic heterocycles. The van der Waals surface area contributed by atoms with Crippen molar-refractivity contribution in [2.45, 2.75) is 11.8 Å². The number of ether oxygens (including phenoxy) is 1. The van der Waals surface area contributed by atoms with Crippen LogP contribution < -0.4 is 0 Å². The molecule has 0 saturated heterocycles. The molecule has 0 atom stereocenters. The van der Waals surface area contributed by atoms with Crippen molar-refractivity contribution in [1.29, 1.82) is 0 Å². The quantitative estimate of drug-likeness (QED) is 0.645. The molecule has 0 aliphatic rings. The van der Waals surface area contributed by atoms with Crippen molar-refractivity contribution in [2.75, 3.05) is 7.11 Å². The second kappa shape index (κ2) is 5.88. The molecule has 0 N–H and O–H groups in total. The zero-order valence-corrected chi connectivity index (χ0v) is 12.1. The fraction of sp³-hybridized carbons (Fsp3) is 0.133. The molecule has 104 valence electrons. The van der Waals surface area contributed by atoms with Crippen LogP contribution in [0.1, 0.15) is 11.1 Å². The topological polar surface area (TPSA) is 55.7 Å². The minimum atomic E-state index is -3.77. The Balaban J connectivity index is 2.43. The summed E-state index contributed by atoms with van der Waals surface area (Å²) in [5.41, 5.74) is 1.61. The summed E-state index contributed by atoms with van der Waals surface area (Å²) < 4.78 is 33.3. The van der Waals surface area contributed by atoms with Crippen LogP contribution in [0, 0.1) is 6.92 Å². The van der Waals surface area contributed by atoms with Gasteiger partial charge in [0.15, 0.2) is 0 Å². The summed E-state index contributed by atoms with van der Waals surface area (Å²) in [7, 11) is -2.37. The van der Waals surface area contributed by atoms with Crippen LogP contribution in [0.5, 0.6) is 0 Å². The molecular formula is C15H15NO3S. The molecule has 20 heavy (non-hydrogen) atoms. The van der Waals surface area contributed by atoms with Gasteiger partial charge in [-0.15, -0.1) is 4.40 Å². The largest absolute Gasteiger partial charge is 0.480 e. The third-order valence-electron chi connectivity index (χ3n) is 2.74. The monoisotopic (exact) mass is 289 g/mol. The Morgan fingerprint density at radius 2 is 1.60 bits per heavy atom. The number of methoxy groups -OCH3 is 1. The molecule has 2 aromatic carbocycles. The van der Waals surface area contributed by atoms with Crippen LogP contribution in [0.15, 0.2) is 63.9 Å². The maximum absolute atomic E-state index is 12.2. The van der Waals surface area contributed by atoms with E-state index in [1.165, 1.54) is 19.2 Å². The second-order valence-corrected chi connectivity index (χ2v) is 5.86. The fourth-order valence-corrected chi connectivity index (χ4v) is 2.64. The van der Waals surface area contributed by atoms with Gasteiger partial charge in [0.05, 0.1) is 12.0 Å². The molecule has 0 amide bonds. The van der Waals surface area contributed by atoms with Gasteiger partial charge in [-0.25, -0.2) is 0 Å². The first-order valence-electron chi connectivity index (χ1n) is 6.04. The summed E-state index contributed by atoms with van der Waals surface area (Å²) >= 11 is 0. The molecule has 5 heteroatoms. The van der Waals surface area contributed by atoms with E-state index in [9.17, 15) is 8.42 Å². The van der Waals surface area contributed by atoms with E-state index < -0.39 is 10.0 Å². The van der Waals surface area contributed by atoms with Crippen LogP contribution in [0.25, 0.3) is 0 Å². The lowest BCUT2D eigenvalue weighted by Crippen LogP contribution is -2.08. The van der Waals surface area contributed by atoms with Crippen LogP contribution in [0.4, 0.5) is 0 Å². The summed E-state index contributed by atoms with van der Waals surface area (Å²) in [5.74, 6) is 0.0752. The van der Waals surface area contributed by atoms with Gasteiger partial charge in [-0.2, -0.15) is 8.42 Å². The minimum Gasteiger partial charge on any atom is -0.480 e. The van der Waals surface area contributed by atoms with Crippen LogP contribution in [-0.2, 0) is 14.8 Å². The Labute approximate surface area is 118 Å². The van der Waals surface area contributed by atoms with Gasteiger partial charge in [-0.05, 0) is 31.2 Å². The van der Waals surface area contributed by atoms with Gasteiger partial charge >= 0.3 is 0 Å². The third-order valence-corrected chi connectivity index (χ3v) is 4.01. The van der Waals surface area contributed by atoms with E-state index in [-0.39, 0.29) is 10.8 Å². The van der Waals surface area contributed by atoms with Gasteiger partial charge in [0.1, 0.15) is 0 Å². The van der Waals surface area contributed by atoms with Crippen molar-refractivity contribution in [3.8, 4) is 0 Å². The lowest BCUT2D eigenvalue weighted by molar-refractivity contribution is 0.405. The molecule has 0 fully saturated rings. The number of rotatable bonds is 3. The summed E-state index contributed by atoms with van der Waals surface area (Å²) in [6.45, 7) is 1.89. The van der Waals surface area contributed by atoms with Crippen molar-refractivity contribution < 1.29 is 13.2 Å². The molecular weight excluding hydrogens is 274 g/mol. The average Bonchev–Trinajstić information content (AvgIpc) is 2.46. The highest BCUT2D eigenvalue weighted by Gasteiger charge is 2.15. The Hall–Kier alpha value is -2.14. The maximum atomic E-state index is 12.2. The SMILES string of the molecule is COC(=NS(=O)(=O)c1ccc(C)cc1)c1ccccc1. The van der Waals surface area contributed by atoms with Crippen molar-refractivity contribution in [2.24, 2.45) is 4.40 Å². The Kier molecular flexibility index (Phi) is 4.20. The highest BCUT2D eigenvalue weighted by molar-refractivity contribution is 7.90. The highest BCUT2D eigenvalue weighted by atomic mass is 32.2. The normalized spacial score (nSPS) is 12.2. The van der Waals surface area contributed by atoms with E-state index >= 15 is 0 Å². The summed E-state index contributed by atoms with van der Waals surface area (Å²) in [5, 5.41) is 0. The number of benzene rings is 2. The van der Waals surface area contributed by atoms with E-state index in [2.05, 4.69) is 4.40 Å². The van der Waals surface area contributed by atoms with E-state index in [1.54, 1.807) is 36.4 Å². The fourth-order valence-electron chi connectivity index (χ4n) is 1.66. The van der Waals surface area contributed by atoms with Crippen molar-refractivity contribution in [3.05, 3.63) is 65.7 Å². The van der Waals surface area contributed by atoms with E-state index in [0.717, 1.165) is 5.56 Å². The molecule has 0 aromatic heterocycles. The molecule has 0 spiro atoms. The molecule has 2 aromatic rings. The lowest BCUT2D eigenvalue weighted by atomic mass is 10.2. The van der Waals surface area contributed by atoms with Crippen molar-refractivity contribution >= 4 is 15.9 Å². The first-order chi connectivity index (χ1) is 9.53. The predicted octanol–water partition coefficient (Wildman–Crippen LogP) is 2.78. The van der Waals surface area contributed by atoms with Crippen molar-refractivity contribution in [3.63, 3.8) is 0 Å². The van der Waals surface area contributed by atoms with Crippen LogP contribution in [0.3, 0.4) is 0 Å². The minimum absolute atomic E-state index is 0.0752. The van der Waals surface area contributed by atoms with E-state index in [1.807, 2.05) is 13.0 Å². The molecule has 4 nitrogen and oxygen atoms in total. The molecule has 0 bridgehead atoms. The van der Waals surface area contributed by atoms with Crippen LogP contribution >= 0.6 is 0 Å². The average molecular weight is 289 g/mol. The zero-order valence-electron chi connectivity index (χ0n) is 11.3. The Bertz CT molecular complexity index is 705. The Morgan fingerprint density at radius 3 is 2.15 bits per heavy atom. The van der Waals surface area contributed by atoms with Gasteiger partial charge in [0.2, 0.25) is 5.90 Å². The van der Waals surface area contributed by atoms with Gasteiger partial charge in [-0.1, -0.05) is 35.9 Å². The first kappa shape index (κ1) is 14.3. The Morgan fingerprint density at radius 1 is 1.00 bits per heavy atom. The number of aryl methyl sites for hydroxylation is 1.